The predicted molar refractivity (Wildman–Crippen MR) is 77.5 cm³/mol. The maximum atomic E-state index is 5.85. The van der Waals surface area contributed by atoms with Crippen LogP contribution in [-0.4, -0.2) is 20.0 Å². The number of benzene rings is 1. The van der Waals surface area contributed by atoms with E-state index in [4.69, 9.17) is 16.0 Å². The summed E-state index contributed by atoms with van der Waals surface area (Å²) in [6.07, 6.45) is 3.78. The number of halogens is 1. The highest BCUT2D eigenvalue weighted by Gasteiger charge is 2.09. The predicted octanol–water partition coefficient (Wildman–Crippen LogP) is 3.42. The lowest BCUT2D eigenvalue weighted by Gasteiger charge is -1.94. The van der Waals surface area contributed by atoms with Crippen molar-refractivity contribution >= 4 is 23.4 Å². The molecule has 0 amide bonds. The summed E-state index contributed by atoms with van der Waals surface area (Å²) in [6, 6.07) is 7.30. The number of hydrogen-bond donors (Lipinski definition) is 0. The fourth-order valence-corrected chi connectivity index (χ4v) is 2.47. The normalized spacial score (nSPS) is 10.9. The molecule has 0 spiro atoms. The van der Waals surface area contributed by atoms with Crippen LogP contribution in [0.4, 0.5) is 0 Å². The smallest absolute Gasteiger partial charge is 0.277 e. The van der Waals surface area contributed by atoms with Gasteiger partial charge in [0.25, 0.3) is 5.22 Å². The molecule has 20 heavy (non-hydrogen) atoms. The molecule has 1 aromatic carbocycles. The van der Waals surface area contributed by atoms with Gasteiger partial charge < -0.3 is 4.42 Å². The molecule has 0 radical (unpaired) electrons. The van der Waals surface area contributed by atoms with Crippen LogP contribution >= 0.6 is 23.4 Å². The van der Waals surface area contributed by atoms with Crippen LogP contribution in [0.3, 0.4) is 0 Å². The van der Waals surface area contributed by atoms with Crippen molar-refractivity contribution in [2.24, 2.45) is 7.05 Å². The first-order chi connectivity index (χ1) is 9.70. The van der Waals surface area contributed by atoms with Crippen LogP contribution < -0.4 is 0 Å². The van der Waals surface area contributed by atoms with Crippen LogP contribution in [-0.2, 0) is 12.8 Å². The van der Waals surface area contributed by atoms with Crippen LogP contribution in [0.15, 0.2) is 46.3 Å². The second-order valence-electron chi connectivity index (χ2n) is 4.19. The molecule has 0 unspecified atom stereocenters. The largest absolute Gasteiger partial charge is 0.411 e. The van der Waals surface area contributed by atoms with Gasteiger partial charge in [-0.15, -0.1) is 10.2 Å². The molecule has 0 aliphatic heterocycles. The molecule has 2 heterocycles. The number of hydrogen-bond acceptors (Lipinski definition) is 5. The van der Waals surface area contributed by atoms with Gasteiger partial charge in [0.1, 0.15) is 0 Å². The molecule has 102 valence electrons. The lowest BCUT2D eigenvalue weighted by atomic mass is 10.2. The van der Waals surface area contributed by atoms with E-state index in [0.717, 1.165) is 16.9 Å². The van der Waals surface area contributed by atoms with E-state index in [1.807, 2.05) is 31.6 Å². The molecule has 7 heteroatoms. The topological polar surface area (TPSA) is 56.7 Å². The molecule has 3 rings (SSSR count). The molecule has 0 saturated heterocycles. The van der Waals surface area contributed by atoms with E-state index < -0.39 is 0 Å². The Balaban J connectivity index is 1.69. The fourth-order valence-electron chi connectivity index (χ4n) is 1.67. The van der Waals surface area contributed by atoms with Gasteiger partial charge in [-0.05, 0) is 24.3 Å². The molecule has 0 bridgehead atoms. The summed E-state index contributed by atoms with van der Waals surface area (Å²) in [5, 5.41) is 13.4. The van der Waals surface area contributed by atoms with E-state index in [9.17, 15) is 0 Å². The number of aryl methyl sites for hydroxylation is 1. The van der Waals surface area contributed by atoms with E-state index in [1.165, 1.54) is 11.8 Å². The molecule has 0 atom stereocenters. The molecule has 0 saturated carbocycles. The number of thioether (sulfide) groups is 1. The van der Waals surface area contributed by atoms with E-state index >= 15 is 0 Å². The van der Waals surface area contributed by atoms with E-state index in [2.05, 4.69) is 15.3 Å². The maximum absolute atomic E-state index is 5.85. The first-order valence-corrected chi connectivity index (χ1v) is 7.27. The van der Waals surface area contributed by atoms with E-state index in [-0.39, 0.29) is 0 Å². The van der Waals surface area contributed by atoms with Crippen molar-refractivity contribution in [1.82, 2.24) is 20.0 Å². The third-order valence-corrected chi connectivity index (χ3v) is 3.76. The Morgan fingerprint density at radius 3 is 2.75 bits per heavy atom. The van der Waals surface area contributed by atoms with E-state index in [0.29, 0.717) is 16.1 Å². The van der Waals surface area contributed by atoms with Crippen molar-refractivity contribution in [1.29, 1.82) is 0 Å². The van der Waals surface area contributed by atoms with Gasteiger partial charge in [0, 0.05) is 35.1 Å². The third-order valence-electron chi connectivity index (χ3n) is 2.62. The van der Waals surface area contributed by atoms with E-state index in [1.54, 1.807) is 16.8 Å². The van der Waals surface area contributed by atoms with Crippen molar-refractivity contribution in [3.63, 3.8) is 0 Å². The Kier molecular flexibility index (Phi) is 3.75. The van der Waals surface area contributed by atoms with Gasteiger partial charge in [-0.1, -0.05) is 23.4 Å². The summed E-state index contributed by atoms with van der Waals surface area (Å²) in [6.45, 7) is 0. The van der Waals surface area contributed by atoms with Crippen LogP contribution in [0.5, 0.6) is 0 Å². The first-order valence-electron chi connectivity index (χ1n) is 5.90. The molecule has 0 aliphatic rings. The minimum Gasteiger partial charge on any atom is -0.411 e. The van der Waals surface area contributed by atoms with Gasteiger partial charge in [-0.2, -0.15) is 5.10 Å². The SMILES string of the molecule is Cn1cc(CSc2nnc(-c3ccc(Cl)cc3)o2)cn1. The van der Waals surface area contributed by atoms with Gasteiger partial charge in [-0.3, -0.25) is 4.68 Å². The number of aromatic nitrogens is 4. The number of rotatable bonds is 4. The Hall–Kier alpha value is -1.79. The minimum absolute atomic E-state index is 0.496. The molecule has 0 fully saturated rings. The molecule has 5 nitrogen and oxygen atoms in total. The quantitative estimate of drug-likeness (QED) is 0.691. The Morgan fingerprint density at radius 1 is 1.25 bits per heavy atom. The Morgan fingerprint density at radius 2 is 2.05 bits per heavy atom. The zero-order valence-electron chi connectivity index (χ0n) is 10.7. The van der Waals surface area contributed by atoms with Crippen molar-refractivity contribution in [3.05, 3.63) is 47.2 Å². The zero-order valence-corrected chi connectivity index (χ0v) is 12.2. The minimum atomic E-state index is 0.496. The maximum Gasteiger partial charge on any atom is 0.277 e. The van der Waals surface area contributed by atoms with Crippen molar-refractivity contribution < 1.29 is 4.42 Å². The molecular formula is C13H11ClN4OS. The molecule has 0 aliphatic carbocycles. The molecule has 0 N–H and O–H groups in total. The lowest BCUT2D eigenvalue weighted by Crippen LogP contribution is -1.84. The summed E-state index contributed by atoms with van der Waals surface area (Å²) in [5.74, 6) is 1.24. The van der Waals surface area contributed by atoms with Crippen LogP contribution in [0.1, 0.15) is 5.56 Å². The standard InChI is InChI=1S/C13H11ClN4OS/c1-18-7-9(6-15-18)8-20-13-17-16-12(19-13)10-2-4-11(14)5-3-10/h2-7H,8H2,1H3. The Bertz CT molecular complexity index is 707. The average molecular weight is 307 g/mol. The third kappa shape index (κ3) is 3.02. The molecular weight excluding hydrogens is 296 g/mol. The van der Waals surface area contributed by atoms with Gasteiger partial charge in [0.05, 0.1) is 6.20 Å². The summed E-state index contributed by atoms with van der Waals surface area (Å²) in [7, 11) is 1.89. The lowest BCUT2D eigenvalue weighted by molar-refractivity contribution is 0.466. The Labute approximate surface area is 125 Å². The second-order valence-corrected chi connectivity index (χ2v) is 5.55. The fraction of sp³-hybridized carbons (Fsp3) is 0.154. The highest BCUT2D eigenvalue weighted by molar-refractivity contribution is 7.98. The van der Waals surface area contributed by atoms with Gasteiger partial charge in [-0.25, -0.2) is 0 Å². The second kappa shape index (κ2) is 5.68. The summed E-state index contributed by atoms with van der Waals surface area (Å²) in [4.78, 5) is 0. The van der Waals surface area contributed by atoms with Crippen LogP contribution in [0, 0.1) is 0 Å². The molecule has 2 aromatic heterocycles. The van der Waals surface area contributed by atoms with Gasteiger partial charge in [0.2, 0.25) is 5.89 Å². The monoisotopic (exact) mass is 306 g/mol. The highest BCUT2D eigenvalue weighted by Crippen LogP contribution is 2.26. The van der Waals surface area contributed by atoms with Gasteiger partial charge >= 0.3 is 0 Å². The van der Waals surface area contributed by atoms with Crippen molar-refractivity contribution in [3.8, 4) is 11.5 Å². The van der Waals surface area contributed by atoms with Crippen LogP contribution in [0.2, 0.25) is 5.02 Å². The van der Waals surface area contributed by atoms with Gasteiger partial charge in [0.15, 0.2) is 0 Å². The van der Waals surface area contributed by atoms with Crippen molar-refractivity contribution in [2.45, 2.75) is 11.0 Å². The summed E-state index contributed by atoms with van der Waals surface area (Å²) >= 11 is 7.33. The highest BCUT2D eigenvalue weighted by atomic mass is 35.5. The van der Waals surface area contributed by atoms with Crippen molar-refractivity contribution in [2.75, 3.05) is 0 Å². The zero-order chi connectivity index (χ0) is 13.9. The first kappa shape index (κ1) is 13.2. The summed E-state index contributed by atoms with van der Waals surface area (Å²) < 4.78 is 7.38. The molecule has 3 aromatic rings. The summed E-state index contributed by atoms with van der Waals surface area (Å²) in [5.41, 5.74) is 1.97. The van der Waals surface area contributed by atoms with Crippen LogP contribution in [0.25, 0.3) is 11.5 Å². The average Bonchev–Trinajstić information content (AvgIpc) is 3.06. The number of nitrogens with zero attached hydrogens (tertiary/aromatic N) is 4.